The van der Waals surface area contributed by atoms with E-state index in [0.717, 1.165) is 45.8 Å². The normalized spacial score (nSPS) is 20.4. The van der Waals surface area contributed by atoms with Crippen molar-refractivity contribution in [3.8, 4) is 0 Å². The van der Waals surface area contributed by atoms with Gasteiger partial charge in [0.25, 0.3) is 0 Å². The highest BCUT2D eigenvalue weighted by atomic mass is 16.5. The summed E-state index contributed by atoms with van der Waals surface area (Å²) in [4.78, 5) is 0. The zero-order chi connectivity index (χ0) is 11.2. The lowest BCUT2D eigenvalue weighted by Gasteiger charge is -2.08. The molecule has 0 radical (unpaired) electrons. The summed E-state index contributed by atoms with van der Waals surface area (Å²) in [7, 11) is 0. The molecule has 16 heavy (non-hydrogen) atoms. The molecule has 2 N–H and O–H groups in total. The molecular weight excluding hydrogens is 206 g/mol. The molecule has 1 fully saturated rings. The third-order valence-corrected chi connectivity index (χ3v) is 2.71. The van der Waals surface area contributed by atoms with Crippen molar-refractivity contribution in [3.63, 3.8) is 0 Å². The molecule has 1 saturated heterocycles. The number of anilines is 1. The van der Waals surface area contributed by atoms with Gasteiger partial charge in [-0.05, 0) is 18.9 Å². The Bertz CT molecular complexity index is 308. The average molecular weight is 225 g/mol. The first-order valence-corrected chi connectivity index (χ1v) is 5.79. The first-order valence-electron chi connectivity index (χ1n) is 5.79. The SMILES string of the molecule is Nc1ccn(CCCOCC2CCOC2)n1. The molecule has 1 aliphatic heterocycles. The number of ether oxygens (including phenoxy) is 2. The van der Waals surface area contributed by atoms with Gasteiger partial charge in [-0.1, -0.05) is 0 Å². The molecule has 0 saturated carbocycles. The Labute approximate surface area is 95.5 Å². The van der Waals surface area contributed by atoms with Gasteiger partial charge in [-0.3, -0.25) is 4.68 Å². The van der Waals surface area contributed by atoms with Crippen molar-refractivity contribution in [2.75, 3.05) is 32.2 Å². The molecule has 0 bridgehead atoms. The fraction of sp³-hybridized carbons (Fsp3) is 0.727. The van der Waals surface area contributed by atoms with Crippen molar-refractivity contribution in [1.29, 1.82) is 0 Å². The molecule has 1 atom stereocenters. The van der Waals surface area contributed by atoms with Crippen molar-refractivity contribution in [3.05, 3.63) is 12.3 Å². The summed E-state index contributed by atoms with van der Waals surface area (Å²) < 4.78 is 12.7. The van der Waals surface area contributed by atoms with Crippen LogP contribution in [0.25, 0.3) is 0 Å². The van der Waals surface area contributed by atoms with E-state index in [1.807, 2.05) is 10.9 Å². The highest BCUT2D eigenvalue weighted by Gasteiger charge is 2.15. The second-order valence-corrected chi connectivity index (χ2v) is 4.16. The smallest absolute Gasteiger partial charge is 0.145 e. The third-order valence-electron chi connectivity index (χ3n) is 2.71. The van der Waals surface area contributed by atoms with Crippen molar-refractivity contribution in [2.24, 2.45) is 5.92 Å². The molecule has 2 heterocycles. The molecule has 2 rings (SSSR count). The Morgan fingerprint density at radius 1 is 1.62 bits per heavy atom. The van der Waals surface area contributed by atoms with Crippen LogP contribution >= 0.6 is 0 Å². The van der Waals surface area contributed by atoms with Gasteiger partial charge < -0.3 is 15.2 Å². The van der Waals surface area contributed by atoms with E-state index in [1.54, 1.807) is 6.07 Å². The summed E-state index contributed by atoms with van der Waals surface area (Å²) in [5.41, 5.74) is 5.51. The van der Waals surface area contributed by atoms with Crippen LogP contribution in [0.15, 0.2) is 12.3 Å². The number of nitrogens with zero attached hydrogens (tertiary/aromatic N) is 2. The van der Waals surface area contributed by atoms with Crippen LogP contribution in [0.4, 0.5) is 5.82 Å². The largest absolute Gasteiger partial charge is 0.382 e. The summed E-state index contributed by atoms with van der Waals surface area (Å²) in [5, 5.41) is 4.10. The van der Waals surface area contributed by atoms with Crippen molar-refractivity contribution in [1.82, 2.24) is 9.78 Å². The standard InChI is InChI=1S/C11H19N3O2/c12-11-2-5-14(13-11)4-1-6-15-8-10-3-7-16-9-10/h2,5,10H,1,3-4,6-9H2,(H2,12,13). The molecule has 1 aliphatic rings. The van der Waals surface area contributed by atoms with Gasteiger partial charge in [-0.2, -0.15) is 5.10 Å². The van der Waals surface area contributed by atoms with Gasteiger partial charge >= 0.3 is 0 Å². The van der Waals surface area contributed by atoms with Crippen LogP contribution in [0.2, 0.25) is 0 Å². The zero-order valence-corrected chi connectivity index (χ0v) is 9.47. The number of nitrogens with two attached hydrogens (primary N) is 1. The minimum absolute atomic E-state index is 0.573. The lowest BCUT2D eigenvalue weighted by Crippen LogP contribution is -2.11. The number of hydrogen-bond acceptors (Lipinski definition) is 4. The van der Waals surface area contributed by atoms with E-state index in [9.17, 15) is 0 Å². The van der Waals surface area contributed by atoms with E-state index >= 15 is 0 Å². The number of hydrogen-bond donors (Lipinski definition) is 1. The maximum Gasteiger partial charge on any atom is 0.145 e. The quantitative estimate of drug-likeness (QED) is 0.731. The fourth-order valence-electron chi connectivity index (χ4n) is 1.80. The van der Waals surface area contributed by atoms with E-state index in [-0.39, 0.29) is 0 Å². The number of rotatable bonds is 6. The molecule has 1 aromatic rings. The van der Waals surface area contributed by atoms with Gasteiger partial charge in [0.2, 0.25) is 0 Å². The van der Waals surface area contributed by atoms with E-state index in [2.05, 4.69) is 5.10 Å². The third kappa shape index (κ3) is 3.50. The zero-order valence-electron chi connectivity index (χ0n) is 9.47. The topological polar surface area (TPSA) is 62.3 Å². The molecule has 0 aliphatic carbocycles. The van der Waals surface area contributed by atoms with E-state index in [1.165, 1.54) is 0 Å². The first kappa shape index (κ1) is 11.4. The van der Waals surface area contributed by atoms with Crippen molar-refractivity contribution in [2.45, 2.75) is 19.4 Å². The van der Waals surface area contributed by atoms with E-state index < -0.39 is 0 Å². The Balaban J connectivity index is 1.51. The summed E-state index contributed by atoms with van der Waals surface area (Å²) in [6.07, 6.45) is 3.99. The maximum atomic E-state index is 5.59. The number of aromatic nitrogens is 2. The predicted molar refractivity (Wildman–Crippen MR) is 61.0 cm³/mol. The van der Waals surface area contributed by atoms with Gasteiger partial charge in [0.1, 0.15) is 5.82 Å². The van der Waals surface area contributed by atoms with Gasteiger partial charge in [0.05, 0.1) is 13.2 Å². The van der Waals surface area contributed by atoms with E-state index in [0.29, 0.717) is 11.7 Å². The van der Waals surface area contributed by atoms with Crippen LogP contribution in [-0.4, -0.2) is 36.2 Å². The highest BCUT2D eigenvalue weighted by molar-refractivity contribution is 5.23. The second-order valence-electron chi connectivity index (χ2n) is 4.16. The predicted octanol–water partition coefficient (Wildman–Crippen LogP) is 0.908. The van der Waals surface area contributed by atoms with Crippen LogP contribution in [0, 0.1) is 5.92 Å². The molecule has 1 aromatic heterocycles. The van der Waals surface area contributed by atoms with Crippen LogP contribution in [0.1, 0.15) is 12.8 Å². The summed E-state index contributed by atoms with van der Waals surface area (Å²) in [5.74, 6) is 1.17. The van der Waals surface area contributed by atoms with Gasteiger partial charge in [0.15, 0.2) is 0 Å². The van der Waals surface area contributed by atoms with E-state index in [4.69, 9.17) is 15.2 Å². The molecule has 5 heteroatoms. The van der Waals surface area contributed by atoms with Gasteiger partial charge in [0, 0.05) is 31.9 Å². The second kappa shape index (κ2) is 5.86. The molecular formula is C11H19N3O2. The molecule has 0 aromatic carbocycles. The minimum Gasteiger partial charge on any atom is -0.382 e. The Morgan fingerprint density at radius 3 is 3.25 bits per heavy atom. The maximum absolute atomic E-state index is 5.59. The Morgan fingerprint density at radius 2 is 2.56 bits per heavy atom. The lowest BCUT2D eigenvalue weighted by molar-refractivity contribution is 0.0859. The van der Waals surface area contributed by atoms with Crippen LogP contribution < -0.4 is 5.73 Å². The average Bonchev–Trinajstić information content (AvgIpc) is 2.89. The first-order chi connectivity index (χ1) is 7.84. The van der Waals surface area contributed by atoms with Crippen LogP contribution in [0.5, 0.6) is 0 Å². The van der Waals surface area contributed by atoms with Crippen molar-refractivity contribution < 1.29 is 9.47 Å². The summed E-state index contributed by atoms with van der Waals surface area (Å²) in [6, 6.07) is 1.80. The molecule has 90 valence electrons. The minimum atomic E-state index is 0.573. The molecule has 0 amide bonds. The number of nitrogen functional groups attached to an aromatic ring is 1. The Hall–Kier alpha value is -1.07. The molecule has 0 spiro atoms. The highest BCUT2D eigenvalue weighted by Crippen LogP contribution is 2.12. The Kier molecular flexibility index (Phi) is 4.18. The van der Waals surface area contributed by atoms with Crippen molar-refractivity contribution >= 4 is 5.82 Å². The molecule has 1 unspecified atom stereocenters. The fourth-order valence-corrected chi connectivity index (χ4v) is 1.80. The summed E-state index contributed by atoms with van der Waals surface area (Å²) in [6.45, 7) is 4.20. The molecule has 5 nitrogen and oxygen atoms in total. The number of aryl methyl sites for hydroxylation is 1. The summed E-state index contributed by atoms with van der Waals surface area (Å²) >= 11 is 0. The van der Waals surface area contributed by atoms with Crippen LogP contribution in [0.3, 0.4) is 0 Å². The lowest BCUT2D eigenvalue weighted by atomic mass is 10.1. The monoisotopic (exact) mass is 225 g/mol. The van der Waals surface area contributed by atoms with Gasteiger partial charge in [-0.25, -0.2) is 0 Å². The van der Waals surface area contributed by atoms with Crippen LogP contribution in [-0.2, 0) is 16.0 Å². The van der Waals surface area contributed by atoms with Gasteiger partial charge in [-0.15, -0.1) is 0 Å².